The SMILES string of the molecule is CCOc1ccc2c(=O)c3c(oc2c1)C(=O)N(CCN(C)C)C3c1ccc(F)cc1. The second-order valence-corrected chi connectivity index (χ2v) is 7.52. The maximum atomic E-state index is 13.5. The fourth-order valence-electron chi connectivity index (χ4n) is 3.79. The first-order valence-corrected chi connectivity index (χ1v) is 9.85. The molecule has 1 aromatic heterocycles. The summed E-state index contributed by atoms with van der Waals surface area (Å²) in [6, 6.07) is 10.2. The van der Waals surface area contributed by atoms with Crippen molar-refractivity contribution in [2.24, 2.45) is 0 Å². The minimum absolute atomic E-state index is 0.0363. The van der Waals surface area contributed by atoms with E-state index in [2.05, 4.69) is 0 Å². The molecule has 0 bridgehead atoms. The summed E-state index contributed by atoms with van der Waals surface area (Å²) >= 11 is 0. The Morgan fingerprint density at radius 1 is 1.13 bits per heavy atom. The van der Waals surface area contributed by atoms with E-state index in [0.29, 0.717) is 47.5 Å². The molecule has 0 saturated heterocycles. The van der Waals surface area contributed by atoms with Crippen LogP contribution in [-0.2, 0) is 0 Å². The predicted molar refractivity (Wildman–Crippen MR) is 111 cm³/mol. The van der Waals surface area contributed by atoms with Gasteiger partial charge >= 0.3 is 0 Å². The number of amides is 1. The second-order valence-electron chi connectivity index (χ2n) is 7.52. The molecule has 1 atom stereocenters. The Balaban J connectivity index is 1.90. The molecule has 1 aliphatic rings. The lowest BCUT2D eigenvalue weighted by molar-refractivity contribution is 0.0716. The number of nitrogens with zero attached hydrogens (tertiary/aromatic N) is 2. The normalized spacial score (nSPS) is 15.8. The van der Waals surface area contributed by atoms with Crippen molar-refractivity contribution in [3.63, 3.8) is 0 Å². The molecule has 1 aliphatic heterocycles. The lowest BCUT2D eigenvalue weighted by Gasteiger charge is -2.26. The van der Waals surface area contributed by atoms with Gasteiger partial charge in [0.25, 0.3) is 5.91 Å². The highest BCUT2D eigenvalue weighted by molar-refractivity contribution is 5.99. The minimum Gasteiger partial charge on any atom is -0.494 e. The molecular formula is C23H23FN2O4. The van der Waals surface area contributed by atoms with Gasteiger partial charge in [-0.25, -0.2) is 4.39 Å². The van der Waals surface area contributed by atoms with Crippen LogP contribution in [0.2, 0.25) is 0 Å². The summed E-state index contributed by atoms with van der Waals surface area (Å²) < 4.78 is 24.9. The standard InChI is InChI=1S/C23H23FN2O4/c1-4-29-16-9-10-17-18(13-16)30-22-19(21(17)27)20(14-5-7-15(24)8-6-14)26(23(22)28)12-11-25(2)3/h5-10,13,20H,4,11-12H2,1-3H3. The molecule has 0 fully saturated rings. The molecule has 0 radical (unpaired) electrons. The van der Waals surface area contributed by atoms with Gasteiger partial charge in [0, 0.05) is 19.2 Å². The molecule has 3 aromatic rings. The van der Waals surface area contributed by atoms with Crippen molar-refractivity contribution in [2.75, 3.05) is 33.8 Å². The van der Waals surface area contributed by atoms with Crippen molar-refractivity contribution in [1.29, 1.82) is 0 Å². The van der Waals surface area contributed by atoms with Crippen molar-refractivity contribution >= 4 is 16.9 Å². The lowest BCUT2D eigenvalue weighted by Crippen LogP contribution is -2.35. The number of hydrogen-bond donors (Lipinski definition) is 0. The largest absolute Gasteiger partial charge is 0.494 e. The van der Waals surface area contributed by atoms with Gasteiger partial charge in [-0.15, -0.1) is 0 Å². The van der Waals surface area contributed by atoms with Crippen molar-refractivity contribution in [3.8, 4) is 5.75 Å². The van der Waals surface area contributed by atoms with Gasteiger partial charge in [0.15, 0.2) is 5.43 Å². The summed E-state index contributed by atoms with van der Waals surface area (Å²) in [5.74, 6) is -0.119. The molecule has 156 valence electrons. The number of carbonyl (C=O) groups excluding carboxylic acids is 1. The Morgan fingerprint density at radius 3 is 2.53 bits per heavy atom. The van der Waals surface area contributed by atoms with Crippen LogP contribution < -0.4 is 10.2 Å². The molecule has 30 heavy (non-hydrogen) atoms. The average Bonchev–Trinajstić information content (AvgIpc) is 2.99. The summed E-state index contributed by atoms with van der Waals surface area (Å²) in [6.45, 7) is 3.35. The van der Waals surface area contributed by atoms with E-state index in [1.54, 1.807) is 35.2 Å². The first kappa shape index (κ1) is 20.1. The maximum Gasteiger partial charge on any atom is 0.290 e. The van der Waals surface area contributed by atoms with Crippen LogP contribution >= 0.6 is 0 Å². The van der Waals surface area contributed by atoms with Crippen molar-refractivity contribution in [3.05, 3.63) is 75.4 Å². The zero-order valence-corrected chi connectivity index (χ0v) is 17.1. The van der Waals surface area contributed by atoms with Crippen LogP contribution in [0, 0.1) is 5.82 Å². The number of benzene rings is 2. The average molecular weight is 410 g/mol. The Labute approximate surface area is 173 Å². The number of halogens is 1. The van der Waals surface area contributed by atoms with Gasteiger partial charge in [-0.05, 0) is 50.8 Å². The van der Waals surface area contributed by atoms with Gasteiger partial charge in [-0.1, -0.05) is 12.1 Å². The molecule has 0 spiro atoms. The zero-order valence-electron chi connectivity index (χ0n) is 17.1. The summed E-state index contributed by atoms with van der Waals surface area (Å²) in [4.78, 5) is 30.2. The van der Waals surface area contributed by atoms with Crippen LogP contribution in [0.25, 0.3) is 11.0 Å². The molecule has 1 unspecified atom stereocenters. The molecule has 6 nitrogen and oxygen atoms in total. The highest BCUT2D eigenvalue weighted by Gasteiger charge is 2.42. The monoisotopic (exact) mass is 410 g/mol. The number of rotatable bonds is 6. The number of likely N-dealkylation sites (N-methyl/N-ethyl adjacent to an activating group) is 1. The van der Waals surface area contributed by atoms with E-state index in [0.717, 1.165) is 0 Å². The fraction of sp³-hybridized carbons (Fsp3) is 0.304. The summed E-state index contributed by atoms with van der Waals surface area (Å²) in [6.07, 6.45) is 0. The Kier molecular flexibility index (Phi) is 5.30. The van der Waals surface area contributed by atoms with Gasteiger partial charge in [-0.2, -0.15) is 0 Å². The third-order valence-corrected chi connectivity index (χ3v) is 5.22. The third kappa shape index (κ3) is 3.45. The van der Waals surface area contributed by atoms with E-state index in [9.17, 15) is 14.0 Å². The zero-order chi connectivity index (χ0) is 21.4. The van der Waals surface area contributed by atoms with Gasteiger partial charge in [0.2, 0.25) is 5.76 Å². The van der Waals surface area contributed by atoms with E-state index in [1.807, 2.05) is 25.9 Å². The van der Waals surface area contributed by atoms with Crippen LogP contribution in [0.3, 0.4) is 0 Å². The van der Waals surface area contributed by atoms with E-state index in [4.69, 9.17) is 9.15 Å². The summed E-state index contributed by atoms with van der Waals surface area (Å²) in [7, 11) is 3.82. The van der Waals surface area contributed by atoms with E-state index >= 15 is 0 Å². The van der Waals surface area contributed by atoms with E-state index in [-0.39, 0.29) is 22.9 Å². The first-order valence-electron chi connectivity index (χ1n) is 9.85. The second kappa shape index (κ2) is 7.91. The number of hydrogen-bond acceptors (Lipinski definition) is 5. The molecular weight excluding hydrogens is 387 g/mol. The van der Waals surface area contributed by atoms with Gasteiger partial charge in [0.05, 0.1) is 23.6 Å². The van der Waals surface area contributed by atoms with Gasteiger partial charge in [-0.3, -0.25) is 9.59 Å². The molecule has 7 heteroatoms. The molecule has 0 saturated carbocycles. The highest BCUT2D eigenvalue weighted by atomic mass is 19.1. The fourth-order valence-corrected chi connectivity index (χ4v) is 3.79. The molecule has 2 heterocycles. The van der Waals surface area contributed by atoms with Crippen LogP contribution in [0.1, 0.15) is 34.6 Å². The van der Waals surface area contributed by atoms with Gasteiger partial charge < -0.3 is 19.0 Å². The third-order valence-electron chi connectivity index (χ3n) is 5.22. The highest BCUT2D eigenvalue weighted by Crippen LogP contribution is 2.38. The number of carbonyl (C=O) groups is 1. The van der Waals surface area contributed by atoms with Gasteiger partial charge in [0.1, 0.15) is 17.1 Å². The van der Waals surface area contributed by atoms with Crippen LogP contribution in [0.4, 0.5) is 4.39 Å². The lowest BCUT2D eigenvalue weighted by atomic mass is 9.98. The molecule has 1 amide bonds. The van der Waals surface area contributed by atoms with Crippen molar-refractivity contribution in [1.82, 2.24) is 9.80 Å². The quantitative estimate of drug-likeness (QED) is 0.623. The van der Waals surface area contributed by atoms with E-state index < -0.39 is 6.04 Å². The number of ether oxygens (including phenoxy) is 1. The smallest absolute Gasteiger partial charge is 0.290 e. The Morgan fingerprint density at radius 2 is 1.87 bits per heavy atom. The molecule has 0 aliphatic carbocycles. The van der Waals surface area contributed by atoms with Crippen molar-refractivity contribution < 1.29 is 18.3 Å². The van der Waals surface area contributed by atoms with Crippen LogP contribution in [0.5, 0.6) is 5.75 Å². The Hall–Kier alpha value is -3.19. The maximum absolute atomic E-state index is 13.5. The molecule has 4 rings (SSSR count). The topological polar surface area (TPSA) is 63.0 Å². The van der Waals surface area contributed by atoms with Crippen LogP contribution in [0.15, 0.2) is 51.7 Å². The summed E-state index contributed by atoms with van der Waals surface area (Å²) in [5, 5.41) is 0.381. The van der Waals surface area contributed by atoms with Crippen LogP contribution in [-0.4, -0.2) is 49.5 Å². The first-order chi connectivity index (χ1) is 14.4. The molecule has 2 aromatic carbocycles. The van der Waals surface area contributed by atoms with E-state index in [1.165, 1.54) is 12.1 Å². The Bertz CT molecular complexity index is 1150. The minimum atomic E-state index is -0.625. The van der Waals surface area contributed by atoms with Crippen molar-refractivity contribution in [2.45, 2.75) is 13.0 Å². The number of fused-ring (bicyclic) bond motifs is 2. The predicted octanol–water partition coefficient (Wildman–Crippen LogP) is 3.44. The summed E-state index contributed by atoms with van der Waals surface area (Å²) in [5.41, 5.74) is 1.01. The molecule has 0 N–H and O–H groups in total.